The summed E-state index contributed by atoms with van der Waals surface area (Å²) in [5, 5.41) is 7.37. The molecule has 0 aromatic heterocycles. The molecule has 0 aliphatic rings. The fraction of sp³-hybridized carbons (Fsp3) is 0.333. The van der Waals surface area contributed by atoms with E-state index in [9.17, 15) is 9.18 Å². The van der Waals surface area contributed by atoms with Crippen molar-refractivity contribution in [3.8, 4) is 0 Å². The fourth-order valence-corrected chi connectivity index (χ4v) is 2.25. The van der Waals surface area contributed by atoms with E-state index in [4.69, 9.17) is 33.3 Å². The van der Waals surface area contributed by atoms with Crippen LogP contribution in [0.1, 0.15) is 16.8 Å². The lowest BCUT2D eigenvalue weighted by Crippen LogP contribution is -2.18. The van der Waals surface area contributed by atoms with Crippen molar-refractivity contribution in [2.24, 2.45) is 0 Å². The van der Waals surface area contributed by atoms with Crippen molar-refractivity contribution >= 4 is 51.3 Å². The molecule has 0 heterocycles. The van der Waals surface area contributed by atoms with Gasteiger partial charge in [0.2, 0.25) is 0 Å². The predicted octanol–water partition coefficient (Wildman–Crippen LogP) is 4.29. The molecule has 0 amide bonds. The third kappa shape index (κ3) is 5.47. The van der Waals surface area contributed by atoms with Crippen LogP contribution < -0.4 is 0 Å². The number of alkyl halides is 2. The average Bonchev–Trinajstić information content (AvgIpc) is 2.35. The van der Waals surface area contributed by atoms with Gasteiger partial charge in [0.25, 0.3) is 0 Å². The standard InChI is InChI=1S/C12H11BrCl2FNO2/c13-7(3-9(16)5-17)6-19-12(18)10-2-1-8(14)4-11(10)15/h1-2,4-5,7,9,17H,3,6H2/t7-,9+/m1/s1. The largest absolute Gasteiger partial charge is 0.461 e. The first-order chi connectivity index (χ1) is 8.93. The molecule has 1 N–H and O–H groups in total. The summed E-state index contributed by atoms with van der Waals surface area (Å²) in [7, 11) is 0. The Morgan fingerprint density at radius 1 is 1.53 bits per heavy atom. The lowest BCUT2D eigenvalue weighted by atomic mass is 10.2. The van der Waals surface area contributed by atoms with Crippen molar-refractivity contribution in [2.75, 3.05) is 6.61 Å². The molecule has 0 unspecified atom stereocenters. The van der Waals surface area contributed by atoms with Crippen molar-refractivity contribution in [1.29, 1.82) is 5.41 Å². The molecule has 0 radical (unpaired) electrons. The quantitative estimate of drug-likeness (QED) is 0.461. The summed E-state index contributed by atoms with van der Waals surface area (Å²) in [6, 6.07) is 4.44. The van der Waals surface area contributed by atoms with Crippen molar-refractivity contribution in [3.63, 3.8) is 0 Å². The molecule has 0 aliphatic carbocycles. The van der Waals surface area contributed by atoms with Crippen LogP contribution in [0.25, 0.3) is 0 Å². The molecule has 0 fully saturated rings. The van der Waals surface area contributed by atoms with E-state index in [1.807, 2.05) is 0 Å². The maximum Gasteiger partial charge on any atom is 0.339 e. The number of benzene rings is 1. The average molecular weight is 371 g/mol. The Morgan fingerprint density at radius 3 is 2.79 bits per heavy atom. The topological polar surface area (TPSA) is 50.1 Å². The molecule has 0 saturated heterocycles. The minimum atomic E-state index is -1.36. The maximum atomic E-state index is 12.9. The third-order valence-corrected chi connectivity index (χ3v) is 3.39. The Hall–Kier alpha value is -0.650. The molecule has 3 nitrogen and oxygen atoms in total. The summed E-state index contributed by atoms with van der Waals surface area (Å²) >= 11 is 14.8. The van der Waals surface area contributed by atoms with Crippen LogP contribution in [0.5, 0.6) is 0 Å². The molecule has 0 aliphatic heterocycles. The van der Waals surface area contributed by atoms with Crippen LogP contribution in [0, 0.1) is 5.41 Å². The predicted molar refractivity (Wildman–Crippen MR) is 77.8 cm³/mol. The second-order valence-electron chi connectivity index (χ2n) is 3.74. The van der Waals surface area contributed by atoms with Gasteiger partial charge in [0.1, 0.15) is 12.8 Å². The highest BCUT2D eigenvalue weighted by atomic mass is 79.9. The van der Waals surface area contributed by atoms with Crippen molar-refractivity contribution in [2.45, 2.75) is 17.4 Å². The number of nitrogens with one attached hydrogen (secondary N) is 1. The van der Waals surface area contributed by atoms with Gasteiger partial charge in [0, 0.05) is 11.2 Å². The first kappa shape index (κ1) is 16.4. The molecule has 1 rings (SSSR count). The number of halogens is 4. The van der Waals surface area contributed by atoms with E-state index in [-0.39, 0.29) is 28.4 Å². The Balaban J connectivity index is 2.53. The summed E-state index contributed by atoms with van der Waals surface area (Å²) in [5.41, 5.74) is 0.203. The van der Waals surface area contributed by atoms with Crippen LogP contribution in [0.2, 0.25) is 10.0 Å². The van der Waals surface area contributed by atoms with Crippen molar-refractivity contribution in [3.05, 3.63) is 33.8 Å². The minimum Gasteiger partial charge on any atom is -0.461 e. The Labute approximate surface area is 128 Å². The van der Waals surface area contributed by atoms with Gasteiger partial charge in [-0.1, -0.05) is 39.1 Å². The first-order valence-electron chi connectivity index (χ1n) is 5.35. The molecule has 0 spiro atoms. The molecule has 0 bridgehead atoms. The number of carbonyl (C=O) groups excluding carboxylic acids is 1. The summed E-state index contributed by atoms with van der Waals surface area (Å²) in [5.74, 6) is -0.601. The van der Waals surface area contributed by atoms with E-state index in [1.54, 1.807) is 0 Å². The second-order valence-corrected chi connectivity index (χ2v) is 5.88. The van der Waals surface area contributed by atoms with E-state index in [0.29, 0.717) is 11.2 Å². The van der Waals surface area contributed by atoms with E-state index in [2.05, 4.69) is 15.9 Å². The second kappa shape index (κ2) is 7.82. The van der Waals surface area contributed by atoms with E-state index in [1.165, 1.54) is 18.2 Å². The maximum absolute atomic E-state index is 12.9. The number of rotatable bonds is 6. The van der Waals surface area contributed by atoms with E-state index < -0.39 is 12.1 Å². The highest BCUT2D eigenvalue weighted by molar-refractivity contribution is 9.09. The van der Waals surface area contributed by atoms with Gasteiger partial charge >= 0.3 is 5.97 Å². The van der Waals surface area contributed by atoms with Gasteiger partial charge in [-0.3, -0.25) is 0 Å². The highest BCUT2D eigenvalue weighted by Gasteiger charge is 2.16. The molecular weight excluding hydrogens is 360 g/mol. The van der Waals surface area contributed by atoms with E-state index >= 15 is 0 Å². The number of esters is 1. The molecule has 0 saturated carbocycles. The zero-order chi connectivity index (χ0) is 14.4. The molecule has 1 aromatic carbocycles. The zero-order valence-corrected chi connectivity index (χ0v) is 12.8. The molecule has 19 heavy (non-hydrogen) atoms. The van der Waals surface area contributed by atoms with E-state index in [0.717, 1.165) is 0 Å². The smallest absolute Gasteiger partial charge is 0.339 e. The fourth-order valence-electron chi connectivity index (χ4n) is 1.28. The normalized spacial score (nSPS) is 13.7. The first-order valence-corrected chi connectivity index (χ1v) is 7.02. The van der Waals surface area contributed by atoms with Crippen LogP contribution in [0.15, 0.2) is 18.2 Å². The van der Waals surface area contributed by atoms with Crippen LogP contribution >= 0.6 is 39.1 Å². The van der Waals surface area contributed by atoms with Crippen molar-refractivity contribution in [1.82, 2.24) is 0 Å². The Bertz CT molecular complexity index is 473. The number of hydrogen-bond donors (Lipinski definition) is 1. The summed E-state index contributed by atoms with van der Waals surface area (Å²) < 4.78 is 17.9. The molecule has 1 aromatic rings. The van der Waals surface area contributed by atoms with Gasteiger partial charge in [-0.15, -0.1) is 0 Å². The minimum absolute atomic E-state index is 0.00789. The Morgan fingerprint density at radius 2 is 2.21 bits per heavy atom. The lowest BCUT2D eigenvalue weighted by Gasteiger charge is -2.11. The van der Waals surface area contributed by atoms with Gasteiger partial charge in [0.05, 0.1) is 15.4 Å². The van der Waals surface area contributed by atoms with Crippen LogP contribution in [0.4, 0.5) is 4.39 Å². The van der Waals surface area contributed by atoms with Crippen LogP contribution in [-0.4, -0.2) is 29.8 Å². The SMILES string of the molecule is N=C[C@@H](F)C[C@@H](Br)COC(=O)c1ccc(Cl)cc1Cl. The van der Waals surface area contributed by atoms with Gasteiger partial charge in [0.15, 0.2) is 0 Å². The molecule has 7 heteroatoms. The summed E-state index contributed by atoms with van der Waals surface area (Å²) in [6.45, 7) is -0.00789. The Kier molecular flexibility index (Phi) is 6.75. The molecule has 2 atom stereocenters. The number of ether oxygens (including phenoxy) is 1. The number of hydrogen-bond acceptors (Lipinski definition) is 3. The van der Waals surface area contributed by atoms with Gasteiger partial charge in [-0.25, -0.2) is 9.18 Å². The monoisotopic (exact) mass is 369 g/mol. The van der Waals surface area contributed by atoms with Gasteiger partial charge in [-0.2, -0.15) is 0 Å². The zero-order valence-electron chi connectivity index (χ0n) is 9.71. The summed E-state index contributed by atoms with van der Waals surface area (Å²) in [4.78, 5) is 11.4. The number of carbonyl (C=O) groups is 1. The van der Waals surface area contributed by atoms with Gasteiger partial charge in [-0.05, 0) is 24.6 Å². The highest BCUT2D eigenvalue weighted by Crippen LogP contribution is 2.22. The summed E-state index contributed by atoms with van der Waals surface area (Å²) in [6.07, 6.45) is -0.598. The third-order valence-electron chi connectivity index (χ3n) is 2.21. The lowest BCUT2D eigenvalue weighted by molar-refractivity contribution is 0.0502. The van der Waals surface area contributed by atoms with Gasteiger partial charge < -0.3 is 10.1 Å². The molecular formula is C12H11BrCl2FNO2. The van der Waals surface area contributed by atoms with Crippen LogP contribution in [0.3, 0.4) is 0 Å². The van der Waals surface area contributed by atoms with Crippen molar-refractivity contribution < 1.29 is 13.9 Å². The molecule has 104 valence electrons. The van der Waals surface area contributed by atoms with Crippen LogP contribution in [-0.2, 0) is 4.74 Å².